The molecule has 0 spiro atoms. The van der Waals surface area contributed by atoms with Crippen molar-refractivity contribution in [3.8, 4) is 0 Å². The van der Waals surface area contributed by atoms with Crippen LogP contribution in [0.1, 0.15) is 41.0 Å². The quantitative estimate of drug-likeness (QED) is 0.754. The van der Waals surface area contributed by atoms with Crippen molar-refractivity contribution < 1.29 is 0 Å². The average molecular weight is 243 g/mol. The van der Waals surface area contributed by atoms with Gasteiger partial charge in [-0.25, -0.2) is 0 Å². The molecule has 2 aliphatic rings. The summed E-state index contributed by atoms with van der Waals surface area (Å²) in [6.07, 6.45) is 1.40. The Bertz CT molecular complexity index is 203. The molecule has 2 heteroatoms. The number of fused-ring (bicyclic) bond motifs is 1. The van der Waals surface area contributed by atoms with Crippen molar-refractivity contribution in [3.05, 3.63) is 0 Å². The van der Waals surface area contributed by atoms with Crippen molar-refractivity contribution in [1.82, 2.24) is 5.32 Å². The number of rotatable bonds is 1. The van der Waals surface area contributed by atoms with Gasteiger partial charge in [0.25, 0.3) is 0 Å². The smallest absolute Gasteiger partial charge is 0.000811 e. The standard InChI is InChI=1S/C12H23NS.C2H6/c1-9(2)12(3)8-14-7-10-6-13-5-4-11(10)12;1-2/h9-11,13H,4-8H2,1-3H3;1-2H3. The summed E-state index contributed by atoms with van der Waals surface area (Å²) >= 11 is 2.18. The maximum atomic E-state index is 3.55. The minimum Gasteiger partial charge on any atom is -0.316 e. The molecule has 3 atom stereocenters. The molecule has 0 aromatic heterocycles. The molecule has 1 N–H and O–H groups in total. The lowest BCUT2D eigenvalue weighted by atomic mass is 9.63. The van der Waals surface area contributed by atoms with E-state index < -0.39 is 0 Å². The first-order valence-electron chi connectivity index (χ1n) is 6.93. The van der Waals surface area contributed by atoms with E-state index in [0.29, 0.717) is 5.41 Å². The summed E-state index contributed by atoms with van der Waals surface area (Å²) < 4.78 is 0. The Morgan fingerprint density at radius 1 is 1.31 bits per heavy atom. The lowest BCUT2D eigenvalue weighted by Crippen LogP contribution is -2.51. The average Bonchev–Trinajstić information content (AvgIpc) is 2.32. The van der Waals surface area contributed by atoms with Gasteiger partial charge in [-0.2, -0.15) is 11.8 Å². The second kappa shape index (κ2) is 6.30. The highest BCUT2D eigenvalue weighted by molar-refractivity contribution is 7.99. The van der Waals surface area contributed by atoms with E-state index in [1.54, 1.807) is 0 Å². The van der Waals surface area contributed by atoms with E-state index in [0.717, 1.165) is 17.8 Å². The number of hydrogen-bond donors (Lipinski definition) is 1. The van der Waals surface area contributed by atoms with Crippen LogP contribution in [0.15, 0.2) is 0 Å². The van der Waals surface area contributed by atoms with E-state index in [-0.39, 0.29) is 0 Å². The van der Waals surface area contributed by atoms with Gasteiger partial charge >= 0.3 is 0 Å². The van der Waals surface area contributed by atoms with Crippen LogP contribution in [0.25, 0.3) is 0 Å². The lowest BCUT2D eigenvalue weighted by molar-refractivity contribution is 0.0665. The third-order valence-corrected chi connectivity index (χ3v) is 6.01. The monoisotopic (exact) mass is 243 g/mol. The number of piperidine rings is 1. The Labute approximate surface area is 106 Å². The molecule has 0 aliphatic carbocycles. The van der Waals surface area contributed by atoms with Crippen molar-refractivity contribution in [3.63, 3.8) is 0 Å². The first-order valence-corrected chi connectivity index (χ1v) is 8.08. The third kappa shape index (κ3) is 2.76. The molecule has 0 aromatic carbocycles. The predicted molar refractivity (Wildman–Crippen MR) is 76.1 cm³/mol. The van der Waals surface area contributed by atoms with Gasteiger partial charge in [0, 0.05) is 0 Å². The fourth-order valence-corrected chi connectivity index (χ4v) is 4.86. The van der Waals surface area contributed by atoms with Gasteiger partial charge in [0.15, 0.2) is 0 Å². The molecule has 2 saturated heterocycles. The van der Waals surface area contributed by atoms with Crippen molar-refractivity contribution >= 4 is 11.8 Å². The third-order valence-electron chi connectivity index (χ3n) is 4.52. The van der Waals surface area contributed by atoms with Crippen LogP contribution in [0.5, 0.6) is 0 Å². The highest BCUT2D eigenvalue weighted by Crippen LogP contribution is 2.49. The molecule has 0 amide bonds. The summed E-state index contributed by atoms with van der Waals surface area (Å²) in [6.45, 7) is 13.8. The number of thioether (sulfide) groups is 1. The molecule has 2 heterocycles. The molecule has 0 bridgehead atoms. The highest BCUT2D eigenvalue weighted by Gasteiger charge is 2.44. The molecule has 3 unspecified atom stereocenters. The lowest BCUT2D eigenvalue weighted by Gasteiger charge is -2.50. The zero-order valence-electron chi connectivity index (χ0n) is 11.7. The van der Waals surface area contributed by atoms with E-state index in [1.807, 2.05) is 13.8 Å². The van der Waals surface area contributed by atoms with E-state index in [9.17, 15) is 0 Å². The van der Waals surface area contributed by atoms with E-state index in [2.05, 4.69) is 37.8 Å². The fourth-order valence-electron chi connectivity index (χ4n) is 3.10. The van der Waals surface area contributed by atoms with E-state index in [4.69, 9.17) is 0 Å². The summed E-state index contributed by atoms with van der Waals surface area (Å²) in [4.78, 5) is 0. The van der Waals surface area contributed by atoms with Crippen molar-refractivity contribution in [2.45, 2.75) is 41.0 Å². The van der Waals surface area contributed by atoms with Crippen LogP contribution < -0.4 is 5.32 Å². The second-order valence-corrected chi connectivity index (χ2v) is 6.57. The molecule has 2 aliphatic heterocycles. The van der Waals surface area contributed by atoms with Gasteiger partial charge in [-0.1, -0.05) is 34.6 Å². The summed E-state index contributed by atoms with van der Waals surface area (Å²) in [7, 11) is 0. The van der Waals surface area contributed by atoms with Gasteiger partial charge in [0.1, 0.15) is 0 Å². The van der Waals surface area contributed by atoms with Crippen molar-refractivity contribution in [1.29, 1.82) is 0 Å². The van der Waals surface area contributed by atoms with Gasteiger partial charge in [-0.15, -0.1) is 0 Å². The Kier molecular flexibility index (Phi) is 5.66. The fraction of sp³-hybridized carbons (Fsp3) is 1.00. The van der Waals surface area contributed by atoms with Crippen LogP contribution in [0.4, 0.5) is 0 Å². The zero-order valence-corrected chi connectivity index (χ0v) is 12.5. The Hall–Kier alpha value is 0.310. The largest absolute Gasteiger partial charge is 0.316 e. The van der Waals surface area contributed by atoms with Crippen LogP contribution in [0, 0.1) is 23.2 Å². The highest BCUT2D eigenvalue weighted by atomic mass is 32.2. The predicted octanol–water partition coefficient (Wildman–Crippen LogP) is 3.65. The number of hydrogen-bond acceptors (Lipinski definition) is 2. The number of nitrogens with one attached hydrogen (secondary N) is 1. The topological polar surface area (TPSA) is 12.0 Å². The molecule has 1 nitrogen and oxygen atoms in total. The van der Waals surface area contributed by atoms with Crippen LogP contribution in [0.3, 0.4) is 0 Å². The normalized spacial score (nSPS) is 38.6. The van der Waals surface area contributed by atoms with Crippen LogP contribution in [-0.4, -0.2) is 24.6 Å². The zero-order chi connectivity index (χ0) is 12.2. The molecule has 16 heavy (non-hydrogen) atoms. The summed E-state index contributed by atoms with van der Waals surface area (Å²) in [5.41, 5.74) is 0.593. The van der Waals surface area contributed by atoms with Gasteiger partial charge in [0.05, 0.1) is 0 Å². The molecular formula is C14H29NS. The molecule has 2 fully saturated rings. The summed E-state index contributed by atoms with van der Waals surface area (Å²) in [5, 5.41) is 3.55. The Morgan fingerprint density at radius 2 is 2.00 bits per heavy atom. The summed E-state index contributed by atoms with van der Waals surface area (Å²) in [5.74, 6) is 5.52. The minimum absolute atomic E-state index is 0.593. The second-order valence-electron chi connectivity index (χ2n) is 5.54. The summed E-state index contributed by atoms with van der Waals surface area (Å²) in [6, 6.07) is 0. The SMILES string of the molecule is CC.CC(C)C1(C)CSCC2CNCCC21. The Balaban J connectivity index is 0.000000606. The van der Waals surface area contributed by atoms with Gasteiger partial charge in [-0.3, -0.25) is 0 Å². The molecule has 96 valence electrons. The maximum Gasteiger partial charge on any atom is -0.000811 e. The first-order chi connectivity index (χ1) is 7.64. The van der Waals surface area contributed by atoms with Gasteiger partial charge in [-0.05, 0) is 54.2 Å². The van der Waals surface area contributed by atoms with Gasteiger partial charge in [0.2, 0.25) is 0 Å². The molecule has 0 aromatic rings. The molecular weight excluding hydrogens is 214 g/mol. The van der Waals surface area contributed by atoms with E-state index in [1.165, 1.54) is 31.0 Å². The van der Waals surface area contributed by atoms with Crippen molar-refractivity contribution in [2.24, 2.45) is 23.2 Å². The van der Waals surface area contributed by atoms with Crippen LogP contribution in [0.2, 0.25) is 0 Å². The van der Waals surface area contributed by atoms with Gasteiger partial charge < -0.3 is 5.32 Å². The maximum absolute atomic E-state index is 3.55. The molecule has 2 rings (SSSR count). The first kappa shape index (κ1) is 14.4. The minimum atomic E-state index is 0.593. The molecule has 0 radical (unpaired) electrons. The van der Waals surface area contributed by atoms with Crippen LogP contribution >= 0.6 is 11.8 Å². The molecule has 0 saturated carbocycles. The Morgan fingerprint density at radius 3 is 2.62 bits per heavy atom. The van der Waals surface area contributed by atoms with Crippen molar-refractivity contribution in [2.75, 3.05) is 24.6 Å². The van der Waals surface area contributed by atoms with Crippen LogP contribution in [-0.2, 0) is 0 Å². The van der Waals surface area contributed by atoms with E-state index >= 15 is 0 Å².